The molecule has 8 aromatic rings. The Balaban J connectivity index is 1.02. The fourth-order valence-electron chi connectivity index (χ4n) is 13.9. The number of carbonyl (C=O) groups excluding carboxylic acids is 12. The van der Waals surface area contributed by atoms with E-state index in [-0.39, 0.29) is 92.9 Å². The number of pyridine rings is 1. The van der Waals surface area contributed by atoms with E-state index in [2.05, 4.69) is 110 Å². The van der Waals surface area contributed by atoms with Crippen molar-refractivity contribution in [1.82, 2.24) is 93.4 Å². The number of hydrogen-bond acceptors (Lipinski definition) is 24. The molecule has 0 bridgehead atoms. The lowest BCUT2D eigenvalue weighted by atomic mass is 9.99. The largest absolute Gasteiger partial charge is 0.394 e. The van der Waals surface area contributed by atoms with Gasteiger partial charge < -0.3 is 102 Å². The van der Waals surface area contributed by atoms with Crippen LogP contribution in [0.5, 0.6) is 0 Å². The molecule has 662 valence electrons. The molecule has 38 nitrogen and oxygen atoms in total. The minimum atomic E-state index is -1.90. The van der Waals surface area contributed by atoms with Gasteiger partial charge in [-0.25, -0.2) is 10.2 Å². The topological polar surface area (TPSA) is 571 Å². The third-order valence-electron chi connectivity index (χ3n) is 20.3. The number of fused-ring (bicyclic) bond motifs is 1. The van der Waals surface area contributed by atoms with Crippen molar-refractivity contribution in [3.05, 3.63) is 173 Å². The van der Waals surface area contributed by atoms with Gasteiger partial charge in [-0.15, -0.1) is 10.2 Å². The first-order valence-electron chi connectivity index (χ1n) is 41.1. The van der Waals surface area contributed by atoms with Gasteiger partial charge in [-0.3, -0.25) is 62.5 Å². The van der Waals surface area contributed by atoms with Crippen LogP contribution in [0.25, 0.3) is 10.8 Å². The molecule has 1 saturated heterocycles. The molecule has 9 rings (SSSR count). The molecule has 1 fully saturated rings. The maximum atomic E-state index is 15.7. The smallest absolute Gasteiger partial charge is 0.246 e. The minimum absolute atomic E-state index is 0.00212. The number of nitrogen functional groups attached to an aromatic ring is 2. The van der Waals surface area contributed by atoms with E-state index in [1.165, 1.54) is 36.4 Å². The number of aromatic amines is 2. The molecule has 5 aromatic carbocycles. The molecule has 12 atom stereocenters. The van der Waals surface area contributed by atoms with Crippen molar-refractivity contribution in [3.8, 4) is 0 Å². The van der Waals surface area contributed by atoms with Crippen LogP contribution in [-0.2, 0) is 89.6 Å². The summed E-state index contributed by atoms with van der Waals surface area (Å²) in [7, 11) is 0. The number of benzene rings is 5. The number of nitrogens with zero attached hydrogens (tertiary/aromatic N) is 6. The Morgan fingerprint density at radius 1 is 0.500 bits per heavy atom. The summed E-state index contributed by atoms with van der Waals surface area (Å²) in [6.45, 7) is 13.3. The van der Waals surface area contributed by atoms with Crippen LogP contribution in [0, 0.1) is 5.92 Å². The quantitative estimate of drug-likeness (QED) is 0.0192. The summed E-state index contributed by atoms with van der Waals surface area (Å²) in [5.41, 5.74) is 20.3. The zero-order valence-electron chi connectivity index (χ0n) is 70.4. The first kappa shape index (κ1) is 94.6. The molecular formula is C85H112ClN25O13. The van der Waals surface area contributed by atoms with Crippen LogP contribution in [0.4, 0.5) is 35.2 Å². The molecule has 1 aliphatic rings. The molecule has 12 amide bonds. The number of hydrogen-bond donors (Lipinski definition) is 20. The summed E-state index contributed by atoms with van der Waals surface area (Å²) >= 11 is 6.30. The standard InChI is InChI=1S/C85H112ClN25O13/c1-46(2)37-63(73(116)98-62(18-11-12-35-91-47(3)4)81(124)111-36-14-19-70(111)80(123)94-50(7)87)99-75(118)66(40-53-23-30-60(31-24-53)96-71(114)48(5)92-84-105-82(88)107-109-84)101-77(120)67(41-54-25-32-61(33-26-54)97-72(115)49(6)93-85-106-83(89)108-110-85)103-79(122)69(45-112)104-78(121)68(43-56-15-13-34-90-44-56)102-76(119)65(39-52-21-28-59(86)29-22-52)100-74(117)64(95-51(8)113)42-55-20-27-57-16-9-10-17-58(57)38-55/h9-10,13,15-17,20-34,38,44,46-50,62-70,91,112H,11-12,14,18-19,35-37,39-43,45,87H2,1-8H3,(H,94,123)(H,95,113)(H,96,114)(H,97,115)(H,98,116)(H,99,118)(H,100,117)(H,101,120)(H,102,119)(H,103,122)(H,104,121)(H4,88,92,105,107,109)(H4,89,93,106,108,110)/t48-,49+,50+,62-,63-,64+,65+,66+,67-,68+,69-,70-/m0/s1. The predicted octanol–water partition coefficient (Wildman–Crippen LogP) is 2.20. The van der Waals surface area contributed by atoms with Gasteiger partial charge in [0.25, 0.3) is 0 Å². The number of anilines is 6. The van der Waals surface area contributed by atoms with Crippen LogP contribution in [0.15, 0.2) is 140 Å². The highest BCUT2D eigenvalue weighted by Gasteiger charge is 2.40. The third kappa shape index (κ3) is 29.6. The van der Waals surface area contributed by atoms with Gasteiger partial charge in [-0.2, -0.15) is 9.97 Å². The summed E-state index contributed by atoms with van der Waals surface area (Å²) in [6.07, 6.45) is 3.15. The second kappa shape index (κ2) is 46.2. The molecule has 124 heavy (non-hydrogen) atoms. The highest BCUT2D eigenvalue weighted by atomic mass is 35.5. The molecule has 0 radical (unpaired) electrons. The normalized spacial score (nSPS) is 15.2. The lowest BCUT2D eigenvalue weighted by molar-refractivity contribution is -0.142. The Kier molecular flexibility index (Phi) is 35.2. The lowest BCUT2D eigenvalue weighted by Crippen LogP contribution is -2.62. The molecule has 0 aliphatic carbocycles. The van der Waals surface area contributed by atoms with Crippen molar-refractivity contribution < 1.29 is 62.6 Å². The summed E-state index contributed by atoms with van der Waals surface area (Å²) in [5, 5.41) is 65.6. The Labute approximate surface area is 722 Å². The van der Waals surface area contributed by atoms with Crippen molar-refractivity contribution in [2.45, 2.75) is 205 Å². The Morgan fingerprint density at radius 2 is 0.944 bits per heavy atom. The Hall–Kier alpha value is -13.2. The molecule has 0 unspecified atom stereocenters. The Morgan fingerprint density at radius 3 is 1.40 bits per heavy atom. The average molecular weight is 1730 g/mol. The number of likely N-dealkylation sites (tertiary alicyclic amines) is 1. The first-order valence-corrected chi connectivity index (χ1v) is 41.5. The fourth-order valence-corrected chi connectivity index (χ4v) is 14.0. The number of rotatable bonds is 45. The SMILES string of the molecule is CC(=O)N[C@H](Cc1ccc2ccccc2c1)C(=O)N[C@H](Cc1ccc(Cl)cc1)C(=O)N[C@H](Cc1cccnc1)C(=O)N[C@@H](CO)C(=O)N[C@@H](Cc1ccc(NC(=O)[C@@H](C)Nc2n[nH]c(N)n2)cc1)C(=O)N[C@H](Cc1ccc(NC(=O)[C@H](C)Nc2n[nH]c(N)n2)cc1)C(=O)N[C@@H](CC(C)C)C(=O)N[C@@H](CCCCNC(C)C)C(=O)N1CCC[C@H]1C(=O)N[C@H](C)N. The predicted molar refractivity (Wildman–Crippen MR) is 467 cm³/mol. The molecule has 0 spiro atoms. The van der Waals surface area contributed by atoms with Gasteiger partial charge in [0, 0.05) is 80.4 Å². The fraction of sp³-hybridized carbons (Fsp3) is 0.424. The second-order valence-electron chi connectivity index (χ2n) is 31.5. The number of H-pyrrole nitrogens is 2. The average Bonchev–Trinajstić information content (AvgIpc) is 1.78. The molecule has 3 aromatic heterocycles. The van der Waals surface area contributed by atoms with Gasteiger partial charge in [-0.1, -0.05) is 124 Å². The van der Waals surface area contributed by atoms with E-state index >= 15 is 28.8 Å². The van der Waals surface area contributed by atoms with Crippen LogP contribution in [-0.4, -0.2) is 215 Å². The van der Waals surface area contributed by atoms with Crippen molar-refractivity contribution >= 4 is 128 Å². The van der Waals surface area contributed by atoms with Crippen molar-refractivity contribution in [2.24, 2.45) is 11.7 Å². The molecule has 4 heterocycles. The molecule has 39 heteroatoms. The summed E-state index contributed by atoms with van der Waals surface area (Å²) in [4.78, 5) is 188. The maximum Gasteiger partial charge on any atom is 0.246 e. The summed E-state index contributed by atoms with van der Waals surface area (Å²) in [5.74, 6) is -9.15. The number of unbranched alkanes of at least 4 members (excludes halogenated alkanes) is 1. The third-order valence-corrected chi connectivity index (χ3v) is 20.5. The van der Waals surface area contributed by atoms with Crippen LogP contribution in [0.2, 0.25) is 5.02 Å². The lowest BCUT2D eigenvalue weighted by Gasteiger charge is -2.31. The molecule has 0 saturated carbocycles. The van der Waals surface area contributed by atoms with Gasteiger partial charge in [-0.05, 0) is 153 Å². The number of aromatic nitrogens is 7. The van der Waals surface area contributed by atoms with E-state index in [0.29, 0.717) is 70.8 Å². The number of aliphatic hydroxyl groups excluding tert-OH is 1. The van der Waals surface area contributed by atoms with Crippen LogP contribution >= 0.6 is 11.6 Å². The zero-order valence-corrected chi connectivity index (χ0v) is 71.2. The van der Waals surface area contributed by atoms with Gasteiger partial charge in [0.2, 0.25) is 94.7 Å². The van der Waals surface area contributed by atoms with Gasteiger partial charge in [0.05, 0.1) is 12.8 Å². The van der Waals surface area contributed by atoms with E-state index in [4.69, 9.17) is 28.8 Å². The summed E-state index contributed by atoms with van der Waals surface area (Å²) in [6, 6.07) is 20.7. The van der Waals surface area contributed by atoms with E-state index in [0.717, 1.165) is 10.8 Å². The number of amides is 12. The first-order chi connectivity index (χ1) is 59.2. The minimum Gasteiger partial charge on any atom is -0.394 e. The van der Waals surface area contributed by atoms with E-state index in [9.17, 15) is 33.9 Å². The van der Waals surface area contributed by atoms with Crippen LogP contribution in [0.3, 0.4) is 0 Å². The number of halogens is 1. The van der Waals surface area contributed by atoms with Gasteiger partial charge in [0.1, 0.15) is 66.5 Å². The van der Waals surface area contributed by atoms with Gasteiger partial charge in [0.15, 0.2) is 0 Å². The van der Waals surface area contributed by atoms with Crippen LogP contribution in [0.1, 0.15) is 122 Å². The second-order valence-corrected chi connectivity index (χ2v) is 31.9. The van der Waals surface area contributed by atoms with E-state index in [1.54, 1.807) is 93.6 Å². The number of nitrogens with one attached hydrogen (secondary N) is 16. The highest BCUT2D eigenvalue weighted by Crippen LogP contribution is 2.24. The van der Waals surface area contributed by atoms with Gasteiger partial charge >= 0.3 is 0 Å². The monoisotopic (exact) mass is 1730 g/mol. The molecule has 23 N–H and O–H groups in total. The number of carbonyl (C=O) groups is 12. The zero-order chi connectivity index (χ0) is 89.7. The number of aliphatic hydroxyl groups is 1. The Bertz CT molecular complexity index is 4960. The van der Waals surface area contributed by atoms with Crippen molar-refractivity contribution in [2.75, 3.05) is 52.4 Å². The summed E-state index contributed by atoms with van der Waals surface area (Å²) < 4.78 is 0. The molecule has 1 aliphatic heterocycles. The van der Waals surface area contributed by atoms with Crippen molar-refractivity contribution in [1.29, 1.82) is 0 Å². The van der Waals surface area contributed by atoms with E-state index in [1.807, 2.05) is 70.2 Å². The maximum absolute atomic E-state index is 15.7. The van der Waals surface area contributed by atoms with Crippen molar-refractivity contribution in [3.63, 3.8) is 0 Å². The highest BCUT2D eigenvalue weighted by molar-refractivity contribution is 6.30. The van der Waals surface area contributed by atoms with E-state index < -0.39 is 150 Å². The number of nitrogens with two attached hydrogens (primary N) is 3. The van der Waals surface area contributed by atoms with Crippen LogP contribution < -0.4 is 91.6 Å². The molecular weight excluding hydrogens is 1610 g/mol.